The molecule has 0 aromatic heterocycles. The molecule has 1 aromatic rings. The van der Waals surface area contributed by atoms with Crippen LogP contribution in [0.4, 0.5) is 13.2 Å². The standard InChI is InChI=1S/C15H15F3N2O2/c16-15(17,18)22-12-5-2-1-4-11(12)6-7-13(21)20-14(10-19)8-3-9-14/h1-2,4-5H,3,6-9H2,(H,20,21). The van der Waals surface area contributed by atoms with Gasteiger partial charge < -0.3 is 10.1 Å². The predicted molar refractivity (Wildman–Crippen MR) is 71.8 cm³/mol. The summed E-state index contributed by atoms with van der Waals surface area (Å²) in [5.74, 6) is -0.649. The van der Waals surface area contributed by atoms with E-state index in [-0.39, 0.29) is 24.5 Å². The van der Waals surface area contributed by atoms with Crippen molar-refractivity contribution in [2.75, 3.05) is 0 Å². The minimum Gasteiger partial charge on any atom is -0.406 e. The first-order valence-corrected chi connectivity index (χ1v) is 6.89. The van der Waals surface area contributed by atoms with Crippen LogP contribution < -0.4 is 10.1 Å². The lowest BCUT2D eigenvalue weighted by Gasteiger charge is -2.35. The third-order valence-corrected chi connectivity index (χ3v) is 3.62. The van der Waals surface area contributed by atoms with Gasteiger partial charge in [0.25, 0.3) is 0 Å². The topological polar surface area (TPSA) is 62.1 Å². The predicted octanol–water partition coefficient (Wildman–Crippen LogP) is 3.08. The summed E-state index contributed by atoms with van der Waals surface area (Å²) in [7, 11) is 0. The molecule has 1 N–H and O–H groups in total. The first-order valence-electron chi connectivity index (χ1n) is 6.89. The number of halogens is 3. The third kappa shape index (κ3) is 4.13. The Balaban J connectivity index is 1.94. The van der Waals surface area contributed by atoms with Crippen molar-refractivity contribution in [3.05, 3.63) is 29.8 Å². The lowest BCUT2D eigenvalue weighted by molar-refractivity contribution is -0.274. The van der Waals surface area contributed by atoms with Crippen molar-refractivity contribution in [2.24, 2.45) is 0 Å². The van der Waals surface area contributed by atoms with E-state index in [1.165, 1.54) is 18.2 Å². The molecule has 4 nitrogen and oxygen atoms in total. The number of nitrogens with zero attached hydrogens (tertiary/aromatic N) is 1. The zero-order chi connectivity index (χ0) is 16.2. The molecule has 0 unspecified atom stereocenters. The van der Waals surface area contributed by atoms with Crippen LogP contribution in [0, 0.1) is 11.3 Å². The second-order valence-electron chi connectivity index (χ2n) is 5.25. The number of nitriles is 1. The van der Waals surface area contributed by atoms with E-state index in [1.807, 2.05) is 0 Å². The highest BCUT2D eigenvalue weighted by atomic mass is 19.4. The molecular formula is C15H15F3N2O2. The first kappa shape index (κ1) is 16.1. The number of hydrogen-bond donors (Lipinski definition) is 1. The normalized spacial score (nSPS) is 16.3. The van der Waals surface area contributed by atoms with Gasteiger partial charge in [0, 0.05) is 6.42 Å². The van der Waals surface area contributed by atoms with E-state index in [0.717, 1.165) is 6.42 Å². The van der Waals surface area contributed by atoms with Crippen LogP contribution >= 0.6 is 0 Å². The van der Waals surface area contributed by atoms with Crippen molar-refractivity contribution in [1.29, 1.82) is 5.26 Å². The fourth-order valence-electron chi connectivity index (χ4n) is 2.31. The van der Waals surface area contributed by atoms with Gasteiger partial charge in [0.05, 0.1) is 6.07 Å². The summed E-state index contributed by atoms with van der Waals surface area (Å²) >= 11 is 0. The second kappa shape index (κ2) is 6.26. The van der Waals surface area contributed by atoms with Crippen LogP contribution in [0.25, 0.3) is 0 Å². The van der Waals surface area contributed by atoms with Crippen molar-refractivity contribution >= 4 is 5.91 Å². The van der Waals surface area contributed by atoms with Gasteiger partial charge in [-0.1, -0.05) is 18.2 Å². The van der Waals surface area contributed by atoms with Crippen LogP contribution in [0.5, 0.6) is 5.75 Å². The van der Waals surface area contributed by atoms with E-state index >= 15 is 0 Å². The maximum Gasteiger partial charge on any atom is 0.573 e. The van der Waals surface area contributed by atoms with Crippen LogP contribution in [-0.2, 0) is 11.2 Å². The molecule has 1 amide bonds. The van der Waals surface area contributed by atoms with Gasteiger partial charge in [0.15, 0.2) is 0 Å². The molecule has 1 fully saturated rings. The highest BCUT2D eigenvalue weighted by molar-refractivity contribution is 5.77. The molecule has 0 saturated heterocycles. The SMILES string of the molecule is N#CC1(NC(=O)CCc2ccccc2OC(F)(F)F)CCC1. The number of amides is 1. The molecular weight excluding hydrogens is 297 g/mol. The Morgan fingerprint density at radius 1 is 1.36 bits per heavy atom. The lowest BCUT2D eigenvalue weighted by atomic mass is 9.78. The van der Waals surface area contributed by atoms with E-state index in [9.17, 15) is 18.0 Å². The van der Waals surface area contributed by atoms with Gasteiger partial charge >= 0.3 is 6.36 Å². The number of rotatable bonds is 5. The molecule has 1 saturated carbocycles. The summed E-state index contributed by atoms with van der Waals surface area (Å²) in [5.41, 5.74) is -0.492. The number of aryl methyl sites for hydroxylation is 1. The largest absolute Gasteiger partial charge is 0.573 e. The Kier molecular flexibility index (Phi) is 4.59. The molecule has 1 aromatic carbocycles. The summed E-state index contributed by atoms with van der Waals surface area (Å²) in [4.78, 5) is 11.9. The third-order valence-electron chi connectivity index (χ3n) is 3.62. The van der Waals surface area contributed by atoms with Crippen LogP contribution in [0.2, 0.25) is 0 Å². The molecule has 22 heavy (non-hydrogen) atoms. The zero-order valence-corrected chi connectivity index (χ0v) is 11.7. The second-order valence-corrected chi connectivity index (χ2v) is 5.25. The Morgan fingerprint density at radius 2 is 2.05 bits per heavy atom. The van der Waals surface area contributed by atoms with Crippen molar-refractivity contribution in [2.45, 2.75) is 44.0 Å². The van der Waals surface area contributed by atoms with Gasteiger partial charge in [-0.3, -0.25) is 4.79 Å². The van der Waals surface area contributed by atoms with E-state index in [2.05, 4.69) is 16.1 Å². The van der Waals surface area contributed by atoms with Gasteiger partial charge in [0.1, 0.15) is 11.3 Å². The quantitative estimate of drug-likeness (QED) is 0.909. The van der Waals surface area contributed by atoms with Crippen molar-refractivity contribution in [3.63, 3.8) is 0 Å². The summed E-state index contributed by atoms with van der Waals surface area (Å²) in [6.45, 7) is 0. The molecule has 0 bridgehead atoms. The number of benzene rings is 1. The van der Waals surface area contributed by atoms with Crippen LogP contribution in [0.1, 0.15) is 31.2 Å². The van der Waals surface area contributed by atoms with Gasteiger partial charge in [-0.05, 0) is 37.3 Å². The van der Waals surface area contributed by atoms with E-state index < -0.39 is 11.9 Å². The maximum absolute atomic E-state index is 12.3. The van der Waals surface area contributed by atoms with Crippen LogP contribution in [-0.4, -0.2) is 17.8 Å². The summed E-state index contributed by atoms with van der Waals surface area (Å²) in [6, 6.07) is 7.79. The van der Waals surface area contributed by atoms with Gasteiger partial charge in [-0.2, -0.15) is 5.26 Å². The molecule has 0 radical (unpaired) electrons. The van der Waals surface area contributed by atoms with E-state index in [4.69, 9.17) is 5.26 Å². The molecule has 0 spiro atoms. The smallest absolute Gasteiger partial charge is 0.406 e. The number of hydrogen-bond acceptors (Lipinski definition) is 3. The minimum absolute atomic E-state index is 0.00165. The van der Waals surface area contributed by atoms with Gasteiger partial charge in [-0.15, -0.1) is 13.2 Å². The van der Waals surface area contributed by atoms with Crippen LogP contribution in [0.3, 0.4) is 0 Å². The zero-order valence-electron chi connectivity index (χ0n) is 11.7. The maximum atomic E-state index is 12.3. The summed E-state index contributed by atoms with van der Waals surface area (Å²) in [5, 5.41) is 11.7. The van der Waals surface area contributed by atoms with Crippen molar-refractivity contribution in [3.8, 4) is 11.8 Å². The number of para-hydroxylation sites is 1. The molecule has 2 rings (SSSR count). The number of alkyl halides is 3. The average molecular weight is 312 g/mol. The van der Waals surface area contributed by atoms with Gasteiger partial charge in [0.2, 0.25) is 5.91 Å². The van der Waals surface area contributed by atoms with E-state index in [0.29, 0.717) is 18.4 Å². The molecule has 118 valence electrons. The fourth-order valence-corrected chi connectivity index (χ4v) is 2.31. The van der Waals surface area contributed by atoms with Crippen molar-refractivity contribution in [1.82, 2.24) is 5.32 Å². The van der Waals surface area contributed by atoms with Crippen LogP contribution in [0.15, 0.2) is 24.3 Å². The highest BCUT2D eigenvalue weighted by Gasteiger charge is 2.38. The highest BCUT2D eigenvalue weighted by Crippen LogP contribution is 2.31. The Labute approximate surface area is 125 Å². The number of ether oxygens (including phenoxy) is 1. The first-order chi connectivity index (χ1) is 10.3. The number of nitrogens with one attached hydrogen (secondary N) is 1. The molecule has 0 atom stereocenters. The number of carbonyl (C=O) groups is 1. The Hall–Kier alpha value is -2.23. The molecule has 0 aliphatic heterocycles. The summed E-state index contributed by atoms with van der Waals surface area (Å²) in [6.07, 6.45) is -2.54. The Bertz CT molecular complexity index is 589. The number of carbonyl (C=O) groups excluding carboxylic acids is 1. The summed E-state index contributed by atoms with van der Waals surface area (Å²) < 4.78 is 40.8. The molecule has 7 heteroatoms. The van der Waals surface area contributed by atoms with Crippen molar-refractivity contribution < 1.29 is 22.7 Å². The molecule has 1 aliphatic rings. The molecule has 0 heterocycles. The molecule has 1 aliphatic carbocycles. The van der Waals surface area contributed by atoms with E-state index in [1.54, 1.807) is 6.07 Å². The average Bonchev–Trinajstić information content (AvgIpc) is 2.40. The lowest BCUT2D eigenvalue weighted by Crippen LogP contribution is -2.52. The minimum atomic E-state index is -4.77. The van der Waals surface area contributed by atoms with Gasteiger partial charge in [-0.25, -0.2) is 0 Å². The Morgan fingerprint density at radius 3 is 2.59 bits per heavy atom. The fraction of sp³-hybridized carbons (Fsp3) is 0.467. The monoisotopic (exact) mass is 312 g/mol.